The smallest absolute Gasteiger partial charge is 0.348 e. The molecule has 9 nitrogen and oxygen atoms in total. The predicted octanol–water partition coefficient (Wildman–Crippen LogP) is 0.0203. The molecule has 1 aromatic carbocycles. The summed E-state index contributed by atoms with van der Waals surface area (Å²) in [6.45, 7) is 1.83. The molecule has 9 heteroatoms. The fourth-order valence-corrected chi connectivity index (χ4v) is 3.12. The number of aliphatic carboxylic acids is 1. The van der Waals surface area contributed by atoms with E-state index in [9.17, 15) is 24.3 Å². The number of carbonyl (C=O) groups excluding carboxylic acids is 3. The Morgan fingerprint density at radius 1 is 1.35 bits per heavy atom. The molecule has 2 aliphatic heterocycles. The maximum atomic E-state index is 12.8. The van der Waals surface area contributed by atoms with Crippen molar-refractivity contribution in [3.05, 3.63) is 29.3 Å². The van der Waals surface area contributed by atoms with Crippen LogP contribution >= 0.6 is 0 Å². The number of ether oxygens (including phenoxy) is 2. The van der Waals surface area contributed by atoms with E-state index in [0.717, 1.165) is 12.5 Å². The van der Waals surface area contributed by atoms with Crippen molar-refractivity contribution in [2.24, 2.45) is 0 Å². The van der Waals surface area contributed by atoms with Crippen LogP contribution in [0.3, 0.4) is 0 Å². The molecule has 26 heavy (non-hydrogen) atoms. The number of anilines is 1. The average Bonchev–Trinajstić information content (AvgIpc) is 2.86. The second-order valence-corrected chi connectivity index (χ2v) is 6.15. The highest BCUT2D eigenvalue weighted by molar-refractivity contribution is 6.02. The van der Waals surface area contributed by atoms with Crippen molar-refractivity contribution < 1.29 is 33.8 Å². The summed E-state index contributed by atoms with van der Waals surface area (Å²) in [5.41, 5.74) is 1.91. The van der Waals surface area contributed by atoms with Crippen molar-refractivity contribution in [3.63, 3.8) is 0 Å². The number of carbonyl (C=O) groups is 4. The molecule has 0 radical (unpaired) electrons. The largest absolute Gasteiger partial charge is 0.478 e. The van der Waals surface area contributed by atoms with E-state index in [1.165, 1.54) is 4.90 Å². The summed E-state index contributed by atoms with van der Waals surface area (Å²) >= 11 is 0. The van der Waals surface area contributed by atoms with E-state index in [1.807, 2.05) is 0 Å². The highest BCUT2D eigenvalue weighted by atomic mass is 16.6. The van der Waals surface area contributed by atoms with Gasteiger partial charge in [-0.25, -0.2) is 4.79 Å². The lowest BCUT2D eigenvalue weighted by atomic mass is 10.1. The zero-order chi connectivity index (χ0) is 19.0. The van der Waals surface area contributed by atoms with Gasteiger partial charge in [0.05, 0.1) is 6.61 Å². The summed E-state index contributed by atoms with van der Waals surface area (Å²) < 4.78 is 10.0. The van der Waals surface area contributed by atoms with Gasteiger partial charge in [-0.3, -0.25) is 14.4 Å². The minimum Gasteiger partial charge on any atom is -0.478 e. The molecule has 2 heterocycles. The van der Waals surface area contributed by atoms with Crippen LogP contribution in [0.15, 0.2) is 18.2 Å². The first-order valence-corrected chi connectivity index (χ1v) is 8.01. The predicted molar refractivity (Wildman–Crippen MR) is 87.5 cm³/mol. The standard InChI is InChI=1S/C17H18N2O7/c1-9(20)26-14(17(23)24)13-16(22)19(5-6-25-13)11-3-4-12-10(7-11)8-18(2)15(12)21/h3-4,7,13-14H,5-6,8H2,1-2H3,(H,23,24)/t13-,14?/m1/s1. The molecular formula is C17H18N2O7. The van der Waals surface area contributed by atoms with Gasteiger partial charge in [-0.1, -0.05) is 0 Å². The third kappa shape index (κ3) is 3.13. The third-order valence-electron chi connectivity index (χ3n) is 4.32. The number of carboxylic acid groups (broad SMARTS) is 1. The van der Waals surface area contributed by atoms with E-state index >= 15 is 0 Å². The van der Waals surface area contributed by atoms with Gasteiger partial charge in [0.2, 0.25) is 6.10 Å². The Balaban J connectivity index is 1.86. The van der Waals surface area contributed by atoms with E-state index in [4.69, 9.17) is 9.47 Å². The molecule has 0 aromatic heterocycles. The maximum Gasteiger partial charge on any atom is 0.348 e. The molecule has 1 fully saturated rings. The van der Waals surface area contributed by atoms with Crippen molar-refractivity contribution in [3.8, 4) is 0 Å². The van der Waals surface area contributed by atoms with Crippen LogP contribution in [0.5, 0.6) is 0 Å². The average molecular weight is 362 g/mol. The van der Waals surface area contributed by atoms with Crippen molar-refractivity contribution in [1.29, 1.82) is 0 Å². The Morgan fingerprint density at radius 2 is 2.08 bits per heavy atom. The highest BCUT2D eigenvalue weighted by Crippen LogP contribution is 2.28. The van der Waals surface area contributed by atoms with Gasteiger partial charge in [-0.05, 0) is 23.8 Å². The third-order valence-corrected chi connectivity index (χ3v) is 4.32. The minimum absolute atomic E-state index is 0.0847. The Labute approximate surface area is 149 Å². The summed E-state index contributed by atoms with van der Waals surface area (Å²) in [6.07, 6.45) is -3.15. The van der Waals surface area contributed by atoms with Gasteiger partial charge in [0.25, 0.3) is 11.8 Å². The molecule has 0 spiro atoms. The van der Waals surface area contributed by atoms with Gasteiger partial charge in [0.1, 0.15) is 0 Å². The Hall–Kier alpha value is -2.94. The first-order chi connectivity index (χ1) is 12.3. The lowest BCUT2D eigenvalue weighted by Crippen LogP contribution is -2.55. The number of benzene rings is 1. The number of amides is 2. The molecule has 0 bridgehead atoms. The second-order valence-electron chi connectivity index (χ2n) is 6.15. The molecule has 1 aromatic rings. The zero-order valence-electron chi connectivity index (χ0n) is 14.3. The molecule has 3 rings (SSSR count). The van der Waals surface area contributed by atoms with Crippen LogP contribution < -0.4 is 4.90 Å². The van der Waals surface area contributed by atoms with Crippen LogP contribution in [-0.2, 0) is 30.4 Å². The molecule has 0 aliphatic carbocycles. The fourth-order valence-electron chi connectivity index (χ4n) is 3.12. The normalized spacial score (nSPS) is 20.8. The van der Waals surface area contributed by atoms with Gasteiger partial charge < -0.3 is 24.4 Å². The van der Waals surface area contributed by atoms with E-state index < -0.39 is 30.1 Å². The zero-order valence-corrected chi connectivity index (χ0v) is 14.3. The van der Waals surface area contributed by atoms with Crippen LogP contribution in [0.1, 0.15) is 22.8 Å². The fraction of sp³-hybridized carbons (Fsp3) is 0.412. The van der Waals surface area contributed by atoms with E-state index in [-0.39, 0.29) is 19.1 Å². The number of hydrogen-bond acceptors (Lipinski definition) is 6. The van der Waals surface area contributed by atoms with Gasteiger partial charge in [-0.15, -0.1) is 0 Å². The SMILES string of the molecule is CC(=O)OC(C(=O)O)[C@H]1OCCN(c2ccc3c(c2)CN(C)C3=O)C1=O. The number of morpholine rings is 1. The number of rotatable bonds is 4. The summed E-state index contributed by atoms with van der Waals surface area (Å²) in [4.78, 5) is 50.2. The van der Waals surface area contributed by atoms with Gasteiger partial charge in [-0.2, -0.15) is 0 Å². The first-order valence-electron chi connectivity index (χ1n) is 8.01. The summed E-state index contributed by atoms with van der Waals surface area (Å²) in [5, 5.41) is 9.26. The molecular weight excluding hydrogens is 344 g/mol. The maximum absolute atomic E-state index is 12.8. The van der Waals surface area contributed by atoms with E-state index in [0.29, 0.717) is 17.8 Å². The Bertz CT molecular complexity index is 791. The molecule has 2 amide bonds. The lowest BCUT2D eigenvalue weighted by Gasteiger charge is -2.34. The monoisotopic (exact) mass is 362 g/mol. The number of carboxylic acids is 1. The molecule has 138 valence electrons. The van der Waals surface area contributed by atoms with E-state index in [1.54, 1.807) is 30.1 Å². The first kappa shape index (κ1) is 17.9. The van der Waals surface area contributed by atoms with Crippen molar-refractivity contribution in [2.75, 3.05) is 25.1 Å². The van der Waals surface area contributed by atoms with Gasteiger partial charge in [0.15, 0.2) is 6.10 Å². The number of hydrogen-bond donors (Lipinski definition) is 1. The highest BCUT2D eigenvalue weighted by Gasteiger charge is 2.42. The number of fused-ring (bicyclic) bond motifs is 1. The minimum atomic E-state index is -1.72. The van der Waals surface area contributed by atoms with E-state index in [2.05, 4.69) is 0 Å². The Morgan fingerprint density at radius 3 is 2.73 bits per heavy atom. The van der Waals surface area contributed by atoms with Gasteiger partial charge in [0, 0.05) is 38.3 Å². The van der Waals surface area contributed by atoms with Crippen molar-refractivity contribution >= 4 is 29.4 Å². The molecule has 2 atom stereocenters. The van der Waals surface area contributed by atoms with Crippen LogP contribution in [0, 0.1) is 0 Å². The van der Waals surface area contributed by atoms with Crippen molar-refractivity contribution in [1.82, 2.24) is 4.90 Å². The van der Waals surface area contributed by atoms with Crippen LogP contribution in [-0.4, -0.2) is 66.2 Å². The lowest BCUT2D eigenvalue weighted by molar-refractivity contribution is -0.177. The topological polar surface area (TPSA) is 113 Å². The van der Waals surface area contributed by atoms with Crippen LogP contribution in [0.4, 0.5) is 5.69 Å². The summed E-state index contributed by atoms with van der Waals surface area (Å²) in [5.74, 6) is -2.97. The van der Waals surface area contributed by atoms with Gasteiger partial charge >= 0.3 is 11.9 Å². The molecule has 1 unspecified atom stereocenters. The summed E-state index contributed by atoms with van der Waals surface area (Å²) in [7, 11) is 1.69. The summed E-state index contributed by atoms with van der Waals surface area (Å²) in [6, 6.07) is 5.02. The number of esters is 1. The second kappa shape index (κ2) is 6.75. The molecule has 1 saturated heterocycles. The van der Waals surface area contributed by atoms with Crippen LogP contribution in [0.25, 0.3) is 0 Å². The number of nitrogens with zero attached hydrogens (tertiary/aromatic N) is 2. The molecule has 2 aliphatic rings. The quantitative estimate of drug-likeness (QED) is 0.751. The molecule has 0 saturated carbocycles. The van der Waals surface area contributed by atoms with Crippen LogP contribution in [0.2, 0.25) is 0 Å². The Kier molecular flexibility index (Phi) is 4.64. The molecule has 1 N–H and O–H groups in total. The van der Waals surface area contributed by atoms with Crippen molar-refractivity contribution in [2.45, 2.75) is 25.7 Å².